The molecule has 0 bridgehead atoms. The van der Waals surface area contributed by atoms with E-state index < -0.39 is 7.82 Å². The Morgan fingerprint density at radius 2 is 1.90 bits per heavy atom. The topological polar surface area (TPSA) is 123 Å². The van der Waals surface area contributed by atoms with Crippen molar-refractivity contribution in [3.8, 4) is 11.3 Å². The Morgan fingerprint density at radius 1 is 1.16 bits per heavy atom. The highest BCUT2D eigenvalue weighted by atomic mass is 31.2. The molecule has 162 valence electrons. The minimum Gasteiger partial charge on any atom is -0.356 e. The zero-order chi connectivity index (χ0) is 21.8. The molecule has 1 aromatic carbocycles. The molecule has 0 aliphatic heterocycles. The van der Waals surface area contributed by atoms with Crippen molar-refractivity contribution in [1.82, 2.24) is 5.16 Å². The van der Waals surface area contributed by atoms with Crippen LogP contribution in [0.15, 0.2) is 64.8 Å². The Labute approximate surface area is 180 Å². The van der Waals surface area contributed by atoms with Crippen molar-refractivity contribution in [3.05, 3.63) is 77.1 Å². The molecule has 0 fully saturated rings. The Hall–Kier alpha value is -2.77. The van der Waals surface area contributed by atoms with Crippen molar-refractivity contribution in [2.24, 2.45) is 0 Å². The second-order valence-corrected chi connectivity index (χ2v) is 8.87. The van der Waals surface area contributed by atoms with E-state index in [9.17, 15) is 4.57 Å². The molecule has 0 saturated carbocycles. The van der Waals surface area contributed by atoms with E-state index >= 15 is 0 Å². The molecule has 0 amide bonds. The van der Waals surface area contributed by atoms with Gasteiger partial charge in [0.25, 0.3) is 5.82 Å². The van der Waals surface area contributed by atoms with Crippen LogP contribution in [0.25, 0.3) is 11.3 Å². The number of phosphoric acid groups is 1. The monoisotopic (exact) mass is 442 g/mol. The molecule has 0 radical (unpaired) electrons. The van der Waals surface area contributed by atoms with Crippen molar-refractivity contribution in [2.45, 2.75) is 38.8 Å². The summed E-state index contributed by atoms with van der Waals surface area (Å²) in [4.78, 5) is 17.8. The van der Waals surface area contributed by atoms with Crippen LogP contribution >= 0.6 is 7.82 Å². The number of rotatable bonds is 8. The maximum Gasteiger partial charge on any atom is 0.472 e. The second-order valence-electron chi connectivity index (χ2n) is 7.63. The van der Waals surface area contributed by atoms with Gasteiger partial charge in [-0.15, -0.1) is 0 Å². The first-order valence-corrected chi connectivity index (χ1v) is 11.6. The van der Waals surface area contributed by atoms with E-state index in [-0.39, 0.29) is 12.5 Å². The van der Waals surface area contributed by atoms with Crippen LogP contribution in [0.1, 0.15) is 36.1 Å². The molecular formula is C22H25N3O5P+. The number of anilines is 1. The number of nitrogen functional groups attached to an aromatic ring is 1. The first kappa shape index (κ1) is 21.5. The van der Waals surface area contributed by atoms with E-state index in [1.54, 1.807) is 18.3 Å². The van der Waals surface area contributed by atoms with Crippen LogP contribution in [-0.2, 0) is 28.7 Å². The normalized spacial score (nSPS) is 14.1. The Morgan fingerprint density at radius 3 is 2.58 bits per heavy atom. The molecule has 31 heavy (non-hydrogen) atoms. The summed E-state index contributed by atoms with van der Waals surface area (Å²) in [5, 5.41) is 4.14. The summed E-state index contributed by atoms with van der Waals surface area (Å²) < 4.78 is 22.3. The predicted octanol–water partition coefficient (Wildman–Crippen LogP) is 3.52. The zero-order valence-corrected chi connectivity index (χ0v) is 17.9. The molecule has 2 heterocycles. The number of phosphoric ester groups is 1. The van der Waals surface area contributed by atoms with Gasteiger partial charge in [0.2, 0.25) is 6.73 Å². The summed E-state index contributed by atoms with van der Waals surface area (Å²) >= 11 is 0. The SMILES string of the molecule is Nc1c(-c2cc(Cc3ccc(CC4=CCCC4)cc3)no2)ccc[n+]1COP(=O)(O)O. The highest BCUT2D eigenvalue weighted by Crippen LogP contribution is 2.35. The summed E-state index contributed by atoms with van der Waals surface area (Å²) in [6, 6.07) is 13.8. The molecule has 4 rings (SSSR count). The lowest BCUT2D eigenvalue weighted by molar-refractivity contribution is -0.711. The second kappa shape index (κ2) is 9.16. The third-order valence-electron chi connectivity index (χ3n) is 5.28. The number of benzene rings is 1. The van der Waals surface area contributed by atoms with Gasteiger partial charge in [0.05, 0.1) is 11.9 Å². The molecular weight excluding hydrogens is 417 g/mol. The van der Waals surface area contributed by atoms with Crippen LogP contribution in [0, 0.1) is 0 Å². The van der Waals surface area contributed by atoms with Gasteiger partial charge in [-0.05, 0) is 48.9 Å². The molecule has 0 unspecified atom stereocenters. The van der Waals surface area contributed by atoms with E-state index in [1.165, 1.54) is 35.0 Å². The van der Waals surface area contributed by atoms with E-state index in [1.807, 2.05) is 6.07 Å². The quantitative estimate of drug-likeness (QED) is 0.277. The minimum atomic E-state index is -4.60. The standard InChI is InChI=1S/C22H24N3O5P/c23-22-20(6-3-11-25(22)15-29-31(26,27)28)21-14-19(24-30-21)13-18-9-7-17(8-10-18)12-16-4-1-2-5-16/h3-4,6-11,14,23H,1-2,5,12-13,15H2,(H2,26,27,28)/p+1. The smallest absolute Gasteiger partial charge is 0.356 e. The van der Waals surface area contributed by atoms with Gasteiger partial charge in [-0.3, -0.25) is 5.73 Å². The van der Waals surface area contributed by atoms with Crippen molar-refractivity contribution >= 4 is 13.6 Å². The first-order valence-electron chi connectivity index (χ1n) is 10.1. The predicted molar refractivity (Wildman–Crippen MR) is 115 cm³/mol. The number of nitrogens with zero attached hydrogens (tertiary/aromatic N) is 2. The molecule has 9 heteroatoms. The number of nitrogens with two attached hydrogens (primary N) is 1. The number of hydrogen-bond acceptors (Lipinski definition) is 5. The van der Waals surface area contributed by atoms with Gasteiger partial charge in [0.1, 0.15) is 5.56 Å². The van der Waals surface area contributed by atoms with Gasteiger partial charge >= 0.3 is 7.82 Å². The Balaban J connectivity index is 1.44. The van der Waals surface area contributed by atoms with Crippen LogP contribution in [-0.4, -0.2) is 14.9 Å². The average Bonchev–Trinajstić information content (AvgIpc) is 3.40. The number of pyridine rings is 1. The van der Waals surface area contributed by atoms with Gasteiger partial charge in [0, 0.05) is 12.5 Å². The van der Waals surface area contributed by atoms with Crippen LogP contribution < -0.4 is 10.3 Å². The molecule has 1 aliphatic carbocycles. The van der Waals surface area contributed by atoms with Crippen LogP contribution in [0.2, 0.25) is 0 Å². The van der Waals surface area contributed by atoms with Crippen LogP contribution in [0.3, 0.4) is 0 Å². The fourth-order valence-corrected chi connectivity index (χ4v) is 3.96. The van der Waals surface area contributed by atoms with Crippen molar-refractivity contribution in [2.75, 3.05) is 5.73 Å². The summed E-state index contributed by atoms with van der Waals surface area (Å²) in [5.41, 5.74) is 11.4. The number of hydrogen-bond donors (Lipinski definition) is 3. The number of aromatic nitrogens is 2. The van der Waals surface area contributed by atoms with Crippen molar-refractivity contribution < 1.29 is 28.0 Å². The van der Waals surface area contributed by atoms with Gasteiger partial charge in [-0.2, -0.15) is 0 Å². The lowest BCUT2D eigenvalue weighted by Crippen LogP contribution is -2.38. The summed E-state index contributed by atoms with van der Waals surface area (Å²) in [6.07, 6.45) is 9.23. The third-order valence-corrected chi connectivity index (χ3v) is 5.73. The average molecular weight is 442 g/mol. The first-order chi connectivity index (χ1) is 14.9. The maximum absolute atomic E-state index is 10.9. The molecule has 1 aliphatic rings. The molecule has 0 atom stereocenters. The van der Waals surface area contributed by atoms with Crippen molar-refractivity contribution in [1.29, 1.82) is 0 Å². The largest absolute Gasteiger partial charge is 0.472 e. The van der Waals surface area contributed by atoms with Crippen LogP contribution in [0.5, 0.6) is 0 Å². The highest BCUT2D eigenvalue weighted by Gasteiger charge is 2.20. The molecule has 0 saturated heterocycles. The number of allylic oxidation sites excluding steroid dienone is 2. The van der Waals surface area contributed by atoms with E-state index in [0.717, 1.165) is 17.7 Å². The van der Waals surface area contributed by atoms with E-state index in [0.29, 0.717) is 17.7 Å². The van der Waals surface area contributed by atoms with Gasteiger partial charge in [-0.1, -0.05) is 41.1 Å². The molecule has 4 N–H and O–H groups in total. The third kappa shape index (κ3) is 5.68. The highest BCUT2D eigenvalue weighted by molar-refractivity contribution is 7.46. The summed E-state index contributed by atoms with van der Waals surface area (Å²) in [5.74, 6) is 0.729. The van der Waals surface area contributed by atoms with Crippen LogP contribution in [0.4, 0.5) is 5.82 Å². The van der Waals surface area contributed by atoms with Gasteiger partial charge in [0.15, 0.2) is 5.76 Å². The zero-order valence-electron chi connectivity index (χ0n) is 17.0. The van der Waals surface area contributed by atoms with Crippen molar-refractivity contribution in [3.63, 3.8) is 0 Å². The van der Waals surface area contributed by atoms with Gasteiger partial charge < -0.3 is 14.3 Å². The lowest BCUT2D eigenvalue weighted by atomic mass is 10.0. The molecule has 3 aromatic rings. The molecule has 2 aromatic heterocycles. The Kier molecular flexibility index (Phi) is 6.34. The van der Waals surface area contributed by atoms with Gasteiger partial charge in [-0.25, -0.2) is 13.7 Å². The summed E-state index contributed by atoms with van der Waals surface area (Å²) in [6.45, 7) is -0.381. The molecule has 8 nitrogen and oxygen atoms in total. The minimum absolute atomic E-state index is 0.254. The Bertz CT molecular complexity index is 1130. The van der Waals surface area contributed by atoms with E-state index in [2.05, 4.69) is 40.0 Å². The summed E-state index contributed by atoms with van der Waals surface area (Å²) in [7, 11) is -4.60. The van der Waals surface area contributed by atoms with E-state index in [4.69, 9.17) is 20.0 Å². The fraction of sp³-hybridized carbons (Fsp3) is 0.273. The maximum atomic E-state index is 10.9. The fourth-order valence-electron chi connectivity index (χ4n) is 3.69. The molecule has 0 spiro atoms. The lowest BCUT2D eigenvalue weighted by Gasteiger charge is -2.07.